The summed E-state index contributed by atoms with van der Waals surface area (Å²) in [6.45, 7) is 0. The van der Waals surface area contributed by atoms with Crippen molar-refractivity contribution in [2.24, 2.45) is 21.5 Å². The molecular formula is C23H22N5O+. The van der Waals surface area contributed by atoms with Gasteiger partial charge in [-0.15, -0.1) is 0 Å². The molecule has 29 heavy (non-hydrogen) atoms. The Kier molecular flexibility index (Phi) is 4.03. The van der Waals surface area contributed by atoms with Crippen LogP contribution in [0.15, 0.2) is 76.7 Å². The number of aliphatic imine (C=N–C) groups is 2. The van der Waals surface area contributed by atoms with E-state index in [1.165, 1.54) is 6.42 Å². The van der Waals surface area contributed by atoms with E-state index >= 15 is 0 Å². The zero-order chi connectivity index (χ0) is 20.0. The fraction of sp³-hybridized carbons (Fsp3) is 0.217. The van der Waals surface area contributed by atoms with Crippen molar-refractivity contribution < 1.29 is 9.37 Å². The van der Waals surface area contributed by atoms with Crippen molar-refractivity contribution in [1.29, 1.82) is 0 Å². The molecule has 3 aliphatic rings. The number of dihydropyridines is 1. The van der Waals surface area contributed by atoms with Crippen LogP contribution in [0.25, 0.3) is 0 Å². The Bertz CT molecular complexity index is 1110. The van der Waals surface area contributed by atoms with Gasteiger partial charge in [-0.1, -0.05) is 30.3 Å². The molecule has 1 unspecified atom stereocenters. The van der Waals surface area contributed by atoms with E-state index < -0.39 is 12.1 Å². The number of nitrogens with two attached hydrogens (primary N) is 2. The first-order valence-corrected chi connectivity index (χ1v) is 9.80. The van der Waals surface area contributed by atoms with Gasteiger partial charge in [0.25, 0.3) is 12.1 Å². The monoisotopic (exact) mass is 384 g/mol. The quantitative estimate of drug-likeness (QED) is 0.792. The zero-order valence-electron chi connectivity index (χ0n) is 16.0. The summed E-state index contributed by atoms with van der Waals surface area (Å²) in [6.07, 6.45) is 6.27. The fourth-order valence-electron chi connectivity index (χ4n) is 4.07. The number of nitrogens with zero attached hydrogens (tertiary/aromatic N) is 3. The van der Waals surface area contributed by atoms with Gasteiger partial charge in [0.1, 0.15) is 11.4 Å². The molecule has 0 saturated heterocycles. The van der Waals surface area contributed by atoms with Crippen LogP contribution in [-0.4, -0.2) is 33.9 Å². The molecule has 2 heterocycles. The minimum atomic E-state index is -0.542. The molecule has 4 N–H and O–H groups in total. The highest BCUT2D eigenvalue weighted by Crippen LogP contribution is 2.38. The molecule has 0 aromatic heterocycles. The average Bonchev–Trinajstić information content (AvgIpc) is 3.11. The Morgan fingerprint density at radius 1 is 1.03 bits per heavy atom. The lowest BCUT2D eigenvalue weighted by molar-refractivity contribution is -0.458. The van der Waals surface area contributed by atoms with Gasteiger partial charge >= 0.3 is 5.84 Å². The highest BCUT2D eigenvalue weighted by Gasteiger charge is 2.41. The second kappa shape index (κ2) is 6.60. The molecule has 0 spiro atoms. The van der Waals surface area contributed by atoms with Gasteiger partial charge < -0.3 is 11.5 Å². The van der Waals surface area contributed by atoms with E-state index in [0.29, 0.717) is 0 Å². The molecule has 0 radical (unpaired) electrons. The molecule has 1 fully saturated rings. The smallest absolute Gasteiger partial charge is 0.333 e. The average molecular weight is 384 g/mol. The van der Waals surface area contributed by atoms with Crippen LogP contribution in [0.1, 0.15) is 30.4 Å². The maximum Gasteiger partial charge on any atom is 0.333 e. The number of primary amides is 1. The maximum absolute atomic E-state index is 11.7. The number of rotatable bonds is 4. The van der Waals surface area contributed by atoms with E-state index in [9.17, 15) is 4.79 Å². The molecule has 1 saturated carbocycles. The van der Waals surface area contributed by atoms with Gasteiger partial charge in [-0.05, 0) is 66.2 Å². The summed E-state index contributed by atoms with van der Waals surface area (Å²) in [7, 11) is 0. The normalized spacial score (nSPS) is 21.9. The number of carbonyl (C=O) groups is 1. The predicted octanol–water partition coefficient (Wildman–Crippen LogP) is 2.39. The first-order valence-electron chi connectivity index (χ1n) is 9.80. The first kappa shape index (κ1) is 17.7. The molecule has 0 bridgehead atoms. The number of fused-ring (bicyclic) bond motifs is 1. The largest absolute Gasteiger partial charge is 0.364 e. The second-order valence-electron chi connectivity index (χ2n) is 7.74. The molecule has 2 aromatic rings. The molecule has 1 amide bonds. The van der Waals surface area contributed by atoms with E-state index in [2.05, 4.69) is 29.3 Å². The van der Waals surface area contributed by atoms with E-state index in [4.69, 9.17) is 16.5 Å². The molecule has 2 aromatic carbocycles. The Morgan fingerprint density at radius 3 is 2.38 bits per heavy atom. The highest BCUT2D eigenvalue weighted by atomic mass is 16.1. The van der Waals surface area contributed by atoms with Crippen LogP contribution in [0.4, 0.5) is 5.69 Å². The Morgan fingerprint density at radius 2 is 1.76 bits per heavy atom. The van der Waals surface area contributed by atoms with Crippen molar-refractivity contribution >= 4 is 28.9 Å². The SMILES string of the molecule is NC(=O)C1=NC2C(=NC(c3ccc(C4(N)CCC4)cc3)=[N+]2c2ccccc2)C=C1. The maximum atomic E-state index is 11.7. The predicted molar refractivity (Wildman–Crippen MR) is 114 cm³/mol. The number of para-hydroxylation sites is 1. The van der Waals surface area contributed by atoms with E-state index in [-0.39, 0.29) is 11.3 Å². The Labute approximate surface area is 169 Å². The zero-order valence-corrected chi connectivity index (χ0v) is 16.0. The van der Waals surface area contributed by atoms with E-state index in [0.717, 1.165) is 41.2 Å². The molecular weight excluding hydrogens is 362 g/mol. The number of hydrogen-bond acceptors (Lipinski definition) is 4. The second-order valence-corrected chi connectivity index (χ2v) is 7.74. The lowest BCUT2D eigenvalue weighted by atomic mass is 9.73. The van der Waals surface area contributed by atoms with Crippen LogP contribution in [0.3, 0.4) is 0 Å². The van der Waals surface area contributed by atoms with Crippen molar-refractivity contribution in [2.75, 3.05) is 0 Å². The molecule has 6 heteroatoms. The molecule has 6 nitrogen and oxygen atoms in total. The number of hydrogen-bond donors (Lipinski definition) is 2. The lowest BCUT2D eigenvalue weighted by Crippen LogP contribution is -2.43. The van der Waals surface area contributed by atoms with Gasteiger partial charge in [0.05, 0.1) is 5.56 Å². The minimum Gasteiger partial charge on any atom is -0.364 e. The standard InChI is InChI=1S/C23H21N5O/c24-20(29)18-11-12-19-22(26-18)28(17-5-2-1-3-6-17)21(27-19)15-7-9-16(10-8-15)23(25)13-4-14-23/h1-3,5-12,22H,4,13-14,25H2,(H-,24,29)/p+1. The first-order chi connectivity index (χ1) is 14.0. The van der Waals surface area contributed by atoms with Crippen LogP contribution in [0.2, 0.25) is 0 Å². The molecule has 2 aliphatic heterocycles. The van der Waals surface area contributed by atoms with Crippen LogP contribution in [0.5, 0.6) is 0 Å². The van der Waals surface area contributed by atoms with Crippen LogP contribution in [-0.2, 0) is 10.3 Å². The van der Waals surface area contributed by atoms with Crippen molar-refractivity contribution in [3.05, 3.63) is 77.9 Å². The number of amides is 1. The molecule has 5 rings (SSSR count). The van der Waals surface area contributed by atoms with E-state index in [1.807, 2.05) is 41.0 Å². The summed E-state index contributed by atoms with van der Waals surface area (Å²) in [5, 5.41) is 0. The van der Waals surface area contributed by atoms with Gasteiger partial charge in [-0.3, -0.25) is 4.79 Å². The van der Waals surface area contributed by atoms with Crippen LogP contribution >= 0.6 is 0 Å². The van der Waals surface area contributed by atoms with Crippen LogP contribution < -0.4 is 11.5 Å². The summed E-state index contributed by atoms with van der Waals surface area (Å²) in [4.78, 5) is 21.1. The topological polar surface area (TPSA) is 96.8 Å². The fourth-order valence-corrected chi connectivity index (χ4v) is 4.07. The summed E-state index contributed by atoms with van der Waals surface area (Å²) in [6, 6.07) is 18.3. The molecule has 1 atom stereocenters. The van der Waals surface area contributed by atoms with Crippen molar-refractivity contribution in [2.45, 2.75) is 31.0 Å². The molecule has 1 aliphatic carbocycles. The Hall–Kier alpha value is -3.38. The summed E-state index contributed by atoms with van der Waals surface area (Å²) in [5.41, 5.74) is 15.9. The van der Waals surface area contributed by atoms with Gasteiger partial charge in [-0.25, -0.2) is 4.99 Å². The van der Waals surface area contributed by atoms with Crippen molar-refractivity contribution in [3.8, 4) is 0 Å². The van der Waals surface area contributed by atoms with Gasteiger partial charge in [0.15, 0.2) is 0 Å². The van der Waals surface area contributed by atoms with Crippen molar-refractivity contribution in [1.82, 2.24) is 0 Å². The minimum absolute atomic E-state index is 0.193. The summed E-state index contributed by atoms with van der Waals surface area (Å²) < 4.78 is 2.04. The number of carbonyl (C=O) groups excluding carboxylic acids is 1. The highest BCUT2D eigenvalue weighted by molar-refractivity contribution is 6.44. The number of benzene rings is 2. The Balaban J connectivity index is 1.62. The third-order valence-corrected chi connectivity index (χ3v) is 5.90. The summed E-state index contributed by atoms with van der Waals surface area (Å²) in [5.74, 6) is 0.251. The van der Waals surface area contributed by atoms with Gasteiger partial charge in [-0.2, -0.15) is 4.58 Å². The van der Waals surface area contributed by atoms with Gasteiger partial charge in [0, 0.05) is 5.54 Å². The lowest BCUT2D eigenvalue weighted by Gasteiger charge is -2.38. The number of amidine groups is 1. The molecule has 144 valence electrons. The van der Waals surface area contributed by atoms with Crippen LogP contribution in [0, 0.1) is 0 Å². The third kappa shape index (κ3) is 2.93. The van der Waals surface area contributed by atoms with Gasteiger partial charge in [0.2, 0.25) is 5.71 Å². The van der Waals surface area contributed by atoms with E-state index in [1.54, 1.807) is 6.08 Å². The summed E-state index contributed by atoms with van der Waals surface area (Å²) >= 11 is 0. The van der Waals surface area contributed by atoms with Crippen molar-refractivity contribution in [3.63, 3.8) is 0 Å². The third-order valence-electron chi connectivity index (χ3n) is 5.90.